The quantitative estimate of drug-likeness (QED) is 0.904. The van der Waals surface area contributed by atoms with Crippen molar-refractivity contribution in [3.63, 3.8) is 0 Å². The van der Waals surface area contributed by atoms with Gasteiger partial charge >= 0.3 is 0 Å². The van der Waals surface area contributed by atoms with Crippen molar-refractivity contribution in [2.24, 2.45) is 0 Å². The normalized spacial score (nSPS) is 18.8. The molecule has 0 aromatic heterocycles. The van der Waals surface area contributed by atoms with Gasteiger partial charge in [0.25, 0.3) is 0 Å². The zero-order chi connectivity index (χ0) is 13.0. The van der Waals surface area contributed by atoms with Gasteiger partial charge in [0.15, 0.2) is 0 Å². The van der Waals surface area contributed by atoms with E-state index in [0.29, 0.717) is 6.04 Å². The number of halogens is 2. The summed E-state index contributed by atoms with van der Waals surface area (Å²) in [5.41, 5.74) is 1.04. The molecule has 1 aromatic rings. The molecule has 0 amide bonds. The van der Waals surface area contributed by atoms with Crippen LogP contribution in [0.25, 0.3) is 0 Å². The Morgan fingerprint density at radius 2 is 2.11 bits per heavy atom. The topological polar surface area (TPSA) is 15.3 Å². The lowest BCUT2D eigenvalue weighted by atomic mass is 10.00. The summed E-state index contributed by atoms with van der Waals surface area (Å²) >= 11 is 5.75. The molecule has 100 valence electrons. The van der Waals surface area contributed by atoms with E-state index in [2.05, 4.69) is 17.1 Å². The van der Waals surface area contributed by atoms with Crippen molar-refractivity contribution in [1.82, 2.24) is 10.2 Å². The van der Waals surface area contributed by atoms with Crippen molar-refractivity contribution >= 4 is 11.6 Å². The van der Waals surface area contributed by atoms with Crippen LogP contribution in [0.5, 0.6) is 0 Å². The van der Waals surface area contributed by atoms with Gasteiger partial charge in [-0.25, -0.2) is 4.39 Å². The molecule has 0 bridgehead atoms. The molecule has 2 nitrogen and oxygen atoms in total. The third-order valence-electron chi connectivity index (χ3n) is 3.48. The first-order valence-corrected chi connectivity index (χ1v) is 7.00. The molecule has 1 atom stereocenters. The maximum atomic E-state index is 13.6. The number of rotatable bonds is 4. The summed E-state index contributed by atoms with van der Waals surface area (Å²) in [6, 6.07) is 5.51. The summed E-state index contributed by atoms with van der Waals surface area (Å²) in [6.45, 7) is 6.23. The van der Waals surface area contributed by atoms with Crippen molar-refractivity contribution < 1.29 is 4.39 Å². The number of benzene rings is 1. The first-order chi connectivity index (χ1) is 8.72. The lowest BCUT2D eigenvalue weighted by molar-refractivity contribution is 0.164. The van der Waals surface area contributed by atoms with E-state index in [4.69, 9.17) is 11.6 Å². The number of piperazine rings is 1. The highest BCUT2D eigenvalue weighted by molar-refractivity contribution is 6.30. The highest BCUT2D eigenvalue weighted by atomic mass is 35.5. The monoisotopic (exact) mass is 270 g/mol. The van der Waals surface area contributed by atoms with Gasteiger partial charge in [-0.3, -0.25) is 4.90 Å². The number of hydrogen-bond donors (Lipinski definition) is 1. The van der Waals surface area contributed by atoms with Gasteiger partial charge in [-0.05, 0) is 24.1 Å². The summed E-state index contributed by atoms with van der Waals surface area (Å²) in [5, 5.41) is 3.55. The molecule has 1 heterocycles. The summed E-state index contributed by atoms with van der Waals surface area (Å²) < 4.78 is 13.6. The van der Waals surface area contributed by atoms with E-state index in [-0.39, 0.29) is 10.8 Å². The van der Waals surface area contributed by atoms with E-state index >= 15 is 0 Å². The molecule has 1 saturated heterocycles. The second-order valence-electron chi connectivity index (χ2n) is 4.76. The van der Waals surface area contributed by atoms with E-state index in [1.165, 1.54) is 0 Å². The minimum Gasteiger partial charge on any atom is -0.314 e. The first-order valence-electron chi connectivity index (χ1n) is 6.62. The van der Waals surface area contributed by atoms with Crippen LogP contribution in [0.1, 0.15) is 31.4 Å². The minimum atomic E-state index is -0.314. The maximum Gasteiger partial charge on any atom is 0.142 e. The lowest BCUT2D eigenvalue weighted by Gasteiger charge is -2.35. The first kappa shape index (κ1) is 13.8. The van der Waals surface area contributed by atoms with Gasteiger partial charge in [-0.1, -0.05) is 31.0 Å². The zero-order valence-corrected chi connectivity index (χ0v) is 11.5. The number of hydrogen-bond acceptors (Lipinski definition) is 2. The Bertz CT molecular complexity index is 391. The molecule has 0 saturated carbocycles. The van der Waals surface area contributed by atoms with Crippen LogP contribution >= 0.6 is 11.6 Å². The summed E-state index contributed by atoms with van der Waals surface area (Å²) in [4.78, 5) is 2.43. The average Bonchev–Trinajstić information content (AvgIpc) is 2.40. The summed E-state index contributed by atoms with van der Waals surface area (Å²) in [6.07, 6.45) is 2.15. The van der Waals surface area contributed by atoms with E-state index in [0.717, 1.165) is 44.6 Å². The Morgan fingerprint density at radius 1 is 1.39 bits per heavy atom. The Morgan fingerprint density at radius 3 is 2.72 bits per heavy atom. The molecule has 1 fully saturated rings. The predicted molar refractivity (Wildman–Crippen MR) is 73.5 cm³/mol. The fraction of sp³-hybridized carbons (Fsp3) is 0.571. The van der Waals surface area contributed by atoms with Crippen LogP contribution in [-0.4, -0.2) is 31.1 Å². The van der Waals surface area contributed by atoms with Crippen molar-refractivity contribution in [3.8, 4) is 0 Å². The van der Waals surface area contributed by atoms with E-state index < -0.39 is 0 Å². The largest absolute Gasteiger partial charge is 0.314 e. The van der Waals surface area contributed by atoms with Gasteiger partial charge < -0.3 is 5.32 Å². The Hall–Kier alpha value is -0.640. The van der Waals surface area contributed by atoms with Crippen molar-refractivity contribution in [1.29, 1.82) is 0 Å². The number of nitrogens with one attached hydrogen (secondary N) is 1. The molecule has 2 rings (SSSR count). The van der Waals surface area contributed by atoms with Gasteiger partial charge in [0.2, 0.25) is 0 Å². The second-order valence-corrected chi connectivity index (χ2v) is 5.17. The van der Waals surface area contributed by atoms with Crippen LogP contribution in [0.15, 0.2) is 18.2 Å². The van der Waals surface area contributed by atoms with Gasteiger partial charge in [0, 0.05) is 32.2 Å². The van der Waals surface area contributed by atoms with Crippen LogP contribution in [0.2, 0.25) is 5.02 Å². The molecule has 0 unspecified atom stereocenters. The molecule has 0 spiro atoms. The van der Waals surface area contributed by atoms with E-state index in [1.807, 2.05) is 6.07 Å². The van der Waals surface area contributed by atoms with Crippen LogP contribution in [0.3, 0.4) is 0 Å². The van der Waals surface area contributed by atoms with Crippen LogP contribution in [0, 0.1) is 5.82 Å². The van der Waals surface area contributed by atoms with Crippen LogP contribution < -0.4 is 5.32 Å². The van der Waals surface area contributed by atoms with E-state index in [9.17, 15) is 4.39 Å². The molecular weight excluding hydrogens is 251 g/mol. The highest BCUT2D eigenvalue weighted by Crippen LogP contribution is 2.28. The van der Waals surface area contributed by atoms with Crippen molar-refractivity contribution in [2.45, 2.75) is 25.8 Å². The smallest absolute Gasteiger partial charge is 0.142 e. The fourth-order valence-electron chi connectivity index (χ4n) is 2.55. The molecule has 4 heteroatoms. The van der Waals surface area contributed by atoms with Gasteiger partial charge in [-0.15, -0.1) is 0 Å². The molecule has 18 heavy (non-hydrogen) atoms. The fourth-order valence-corrected chi connectivity index (χ4v) is 2.66. The van der Waals surface area contributed by atoms with Gasteiger partial charge in [-0.2, -0.15) is 0 Å². The average molecular weight is 271 g/mol. The maximum absolute atomic E-state index is 13.6. The molecule has 1 aliphatic heterocycles. The predicted octanol–water partition coefficient (Wildman–Crippen LogP) is 3.23. The molecule has 0 aliphatic carbocycles. The van der Waals surface area contributed by atoms with Gasteiger partial charge in [0.1, 0.15) is 5.82 Å². The molecule has 1 N–H and O–H groups in total. The SMILES string of the molecule is CCC[C@H](c1ccc(Cl)c(F)c1)N1CCNCC1. The number of nitrogens with zero attached hydrogens (tertiary/aromatic N) is 1. The van der Waals surface area contributed by atoms with Crippen LogP contribution in [-0.2, 0) is 0 Å². The molecule has 1 aliphatic rings. The third kappa shape index (κ3) is 3.22. The summed E-state index contributed by atoms with van der Waals surface area (Å²) in [7, 11) is 0. The Labute approximate surface area is 113 Å². The third-order valence-corrected chi connectivity index (χ3v) is 3.79. The van der Waals surface area contributed by atoms with Crippen molar-refractivity contribution in [3.05, 3.63) is 34.6 Å². The van der Waals surface area contributed by atoms with Crippen molar-refractivity contribution in [2.75, 3.05) is 26.2 Å². The molecule has 0 radical (unpaired) electrons. The highest BCUT2D eigenvalue weighted by Gasteiger charge is 2.21. The molecule has 1 aromatic carbocycles. The zero-order valence-electron chi connectivity index (χ0n) is 10.8. The summed E-state index contributed by atoms with van der Waals surface area (Å²) in [5.74, 6) is -0.314. The standard InChI is InChI=1S/C14H20ClFN2/c1-2-3-14(18-8-6-17-7-9-18)11-4-5-12(15)13(16)10-11/h4-5,10,14,17H,2-3,6-9H2,1H3/t14-/m1/s1. The molecular formula is C14H20ClFN2. The Balaban J connectivity index is 2.19. The van der Waals surface area contributed by atoms with E-state index in [1.54, 1.807) is 12.1 Å². The minimum absolute atomic E-state index is 0.203. The van der Waals surface area contributed by atoms with Gasteiger partial charge in [0.05, 0.1) is 5.02 Å². The van der Waals surface area contributed by atoms with Crippen LogP contribution in [0.4, 0.5) is 4.39 Å². The Kier molecular flexibility index (Phi) is 4.98. The lowest BCUT2D eigenvalue weighted by Crippen LogP contribution is -2.45. The second kappa shape index (κ2) is 6.50.